The van der Waals surface area contributed by atoms with Gasteiger partial charge >= 0.3 is 0 Å². The summed E-state index contributed by atoms with van der Waals surface area (Å²) in [4.78, 5) is 32.5. The first kappa shape index (κ1) is 11.3. The predicted octanol–water partition coefficient (Wildman–Crippen LogP) is -0.710. The molecule has 1 aromatic heterocycles. The molecule has 7 heteroatoms. The summed E-state index contributed by atoms with van der Waals surface area (Å²) in [5, 5.41) is 5.07. The molecule has 0 aromatic carbocycles. The third-order valence-electron chi connectivity index (χ3n) is 2.42. The molecule has 7 nitrogen and oxygen atoms in total. The van der Waals surface area contributed by atoms with Crippen LogP contribution in [0.25, 0.3) is 0 Å². The van der Waals surface area contributed by atoms with Gasteiger partial charge in [0.2, 0.25) is 17.8 Å². The maximum Gasteiger partial charge on any atom is 0.246 e. The van der Waals surface area contributed by atoms with Crippen molar-refractivity contribution in [3.05, 3.63) is 11.8 Å². The molecular weight excluding hydrogens is 222 g/mol. The number of piperazine rings is 1. The number of nitrogens with one attached hydrogen (secondary N) is 2. The van der Waals surface area contributed by atoms with Crippen molar-refractivity contribution in [1.29, 1.82) is 0 Å². The van der Waals surface area contributed by atoms with Gasteiger partial charge in [-0.25, -0.2) is 4.98 Å². The van der Waals surface area contributed by atoms with E-state index in [1.54, 1.807) is 18.1 Å². The lowest BCUT2D eigenvalue weighted by molar-refractivity contribution is -0.130. The second-order valence-electron chi connectivity index (χ2n) is 3.78. The van der Waals surface area contributed by atoms with Crippen LogP contribution in [-0.4, -0.2) is 41.9 Å². The molecule has 2 amide bonds. The zero-order valence-electron chi connectivity index (χ0n) is 9.65. The summed E-state index contributed by atoms with van der Waals surface area (Å²) in [6.07, 6.45) is 1.66. The number of amides is 2. The van der Waals surface area contributed by atoms with Gasteiger partial charge in [0.25, 0.3) is 0 Å². The normalized spacial score (nSPS) is 15.8. The lowest BCUT2D eigenvalue weighted by atomic mass is 10.2. The summed E-state index contributed by atoms with van der Waals surface area (Å²) < 4.78 is 0. The van der Waals surface area contributed by atoms with Gasteiger partial charge in [-0.2, -0.15) is 4.98 Å². The van der Waals surface area contributed by atoms with Crippen LogP contribution in [0.15, 0.2) is 6.20 Å². The minimum absolute atomic E-state index is 0.132. The molecule has 1 aromatic rings. The molecule has 1 aliphatic heterocycles. The van der Waals surface area contributed by atoms with E-state index in [1.807, 2.05) is 6.92 Å². The Labute approximate surface area is 98.2 Å². The maximum atomic E-state index is 11.3. The molecule has 2 N–H and O–H groups in total. The van der Waals surface area contributed by atoms with Crippen molar-refractivity contribution in [1.82, 2.24) is 15.3 Å². The quantitative estimate of drug-likeness (QED) is 0.658. The highest BCUT2D eigenvalue weighted by molar-refractivity contribution is 6.02. The Morgan fingerprint density at radius 1 is 1.35 bits per heavy atom. The van der Waals surface area contributed by atoms with Crippen LogP contribution in [-0.2, 0) is 9.59 Å². The Bertz CT molecular complexity index is 458. The van der Waals surface area contributed by atoms with Gasteiger partial charge in [0.15, 0.2) is 0 Å². The van der Waals surface area contributed by atoms with Crippen molar-refractivity contribution in [3.8, 4) is 0 Å². The van der Waals surface area contributed by atoms with Crippen LogP contribution in [0.4, 0.5) is 11.8 Å². The van der Waals surface area contributed by atoms with Gasteiger partial charge < -0.3 is 10.2 Å². The Morgan fingerprint density at radius 3 is 2.59 bits per heavy atom. The Balaban J connectivity index is 2.32. The van der Waals surface area contributed by atoms with Crippen LogP contribution >= 0.6 is 0 Å². The number of imide groups is 1. The summed E-state index contributed by atoms with van der Waals surface area (Å²) in [5.41, 5.74) is 0.825. The number of aromatic nitrogens is 2. The van der Waals surface area contributed by atoms with Crippen LogP contribution < -0.4 is 15.5 Å². The monoisotopic (exact) mass is 235 g/mol. The summed E-state index contributed by atoms with van der Waals surface area (Å²) in [6, 6.07) is 0. The van der Waals surface area contributed by atoms with Crippen molar-refractivity contribution in [2.75, 3.05) is 30.4 Å². The fraction of sp³-hybridized carbons (Fsp3) is 0.400. The first-order chi connectivity index (χ1) is 8.10. The molecule has 2 rings (SSSR count). The second-order valence-corrected chi connectivity index (χ2v) is 3.78. The Hall–Kier alpha value is -2.18. The standard InChI is InChI=1S/C10H13N5O2/c1-6-3-12-10(11-2)14-9(6)15-4-7(16)13-8(17)5-15/h3H,4-5H2,1-2H3,(H,11,12,14)(H,13,16,17). The SMILES string of the molecule is CNc1ncc(C)c(N2CC(=O)NC(=O)C2)n1. The van der Waals surface area contributed by atoms with Crippen LogP contribution in [0, 0.1) is 6.92 Å². The minimum atomic E-state index is -0.315. The van der Waals surface area contributed by atoms with E-state index < -0.39 is 0 Å². The van der Waals surface area contributed by atoms with E-state index in [-0.39, 0.29) is 24.9 Å². The van der Waals surface area contributed by atoms with E-state index >= 15 is 0 Å². The molecule has 2 heterocycles. The van der Waals surface area contributed by atoms with Crippen molar-refractivity contribution >= 4 is 23.6 Å². The smallest absolute Gasteiger partial charge is 0.246 e. The molecule has 0 atom stereocenters. The third kappa shape index (κ3) is 2.32. The van der Waals surface area contributed by atoms with Gasteiger partial charge in [0, 0.05) is 18.8 Å². The number of hydrogen-bond donors (Lipinski definition) is 2. The third-order valence-corrected chi connectivity index (χ3v) is 2.42. The molecule has 0 radical (unpaired) electrons. The summed E-state index contributed by atoms with van der Waals surface area (Å²) in [7, 11) is 1.71. The summed E-state index contributed by atoms with van der Waals surface area (Å²) in [6.45, 7) is 2.10. The zero-order valence-corrected chi connectivity index (χ0v) is 9.65. The van der Waals surface area contributed by atoms with Crippen LogP contribution in [0.3, 0.4) is 0 Å². The predicted molar refractivity (Wildman–Crippen MR) is 61.7 cm³/mol. The van der Waals surface area contributed by atoms with Crippen LogP contribution in [0.1, 0.15) is 5.56 Å². The van der Waals surface area contributed by atoms with Crippen molar-refractivity contribution in [2.45, 2.75) is 6.92 Å². The van der Waals surface area contributed by atoms with Crippen molar-refractivity contribution in [3.63, 3.8) is 0 Å². The number of nitrogens with zero attached hydrogens (tertiary/aromatic N) is 3. The number of carbonyl (C=O) groups is 2. The van der Waals surface area contributed by atoms with Gasteiger partial charge in [0.05, 0.1) is 13.1 Å². The lowest BCUT2D eigenvalue weighted by Gasteiger charge is -2.27. The number of hydrogen-bond acceptors (Lipinski definition) is 6. The van der Waals surface area contributed by atoms with E-state index in [1.165, 1.54) is 0 Å². The maximum absolute atomic E-state index is 11.3. The molecule has 0 aliphatic carbocycles. The first-order valence-corrected chi connectivity index (χ1v) is 5.19. The number of aryl methyl sites for hydroxylation is 1. The van der Waals surface area contributed by atoms with Gasteiger partial charge in [0.1, 0.15) is 5.82 Å². The van der Waals surface area contributed by atoms with E-state index in [0.29, 0.717) is 11.8 Å². The van der Waals surface area contributed by atoms with E-state index in [9.17, 15) is 9.59 Å². The number of anilines is 2. The van der Waals surface area contributed by atoms with E-state index in [0.717, 1.165) is 5.56 Å². The van der Waals surface area contributed by atoms with Crippen LogP contribution in [0.2, 0.25) is 0 Å². The highest BCUT2D eigenvalue weighted by Gasteiger charge is 2.24. The average Bonchev–Trinajstić information content (AvgIpc) is 2.28. The zero-order chi connectivity index (χ0) is 12.4. The summed E-state index contributed by atoms with van der Waals surface area (Å²) in [5.74, 6) is 0.437. The fourth-order valence-corrected chi connectivity index (χ4v) is 1.66. The van der Waals surface area contributed by atoms with Gasteiger partial charge in [-0.1, -0.05) is 0 Å². The minimum Gasteiger partial charge on any atom is -0.357 e. The molecule has 90 valence electrons. The molecule has 1 saturated heterocycles. The van der Waals surface area contributed by atoms with Gasteiger partial charge in [-0.05, 0) is 6.92 Å². The van der Waals surface area contributed by atoms with Crippen molar-refractivity contribution in [2.24, 2.45) is 0 Å². The Morgan fingerprint density at radius 2 is 2.00 bits per heavy atom. The molecule has 0 saturated carbocycles. The van der Waals surface area contributed by atoms with E-state index in [2.05, 4.69) is 20.6 Å². The fourth-order valence-electron chi connectivity index (χ4n) is 1.66. The van der Waals surface area contributed by atoms with Crippen molar-refractivity contribution < 1.29 is 9.59 Å². The number of carbonyl (C=O) groups excluding carboxylic acids is 2. The Kier molecular flexibility index (Phi) is 2.90. The van der Waals surface area contributed by atoms with Gasteiger partial charge in [-0.3, -0.25) is 14.9 Å². The molecule has 0 unspecified atom stereocenters. The van der Waals surface area contributed by atoms with Gasteiger partial charge in [-0.15, -0.1) is 0 Å². The molecule has 0 spiro atoms. The average molecular weight is 235 g/mol. The highest BCUT2D eigenvalue weighted by atomic mass is 16.2. The molecule has 0 bridgehead atoms. The van der Waals surface area contributed by atoms with E-state index in [4.69, 9.17) is 0 Å². The first-order valence-electron chi connectivity index (χ1n) is 5.19. The second kappa shape index (κ2) is 4.36. The number of rotatable bonds is 2. The molecule has 1 aliphatic rings. The largest absolute Gasteiger partial charge is 0.357 e. The highest BCUT2D eigenvalue weighted by Crippen LogP contribution is 2.18. The molecule has 1 fully saturated rings. The molecular formula is C10H13N5O2. The topological polar surface area (TPSA) is 87.2 Å². The lowest BCUT2D eigenvalue weighted by Crippen LogP contribution is -2.52. The molecule has 17 heavy (non-hydrogen) atoms. The van der Waals surface area contributed by atoms with Crippen LogP contribution in [0.5, 0.6) is 0 Å². The summed E-state index contributed by atoms with van der Waals surface area (Å²) >= 11 is 0.